The highest BCUT2D eigenvalue weighted by Crippen LogP contribution is 2.23. The van der Waals surface area contributed by atoms with Crippen molar-refractivity contribution in [3.05, 3.63) is 40.9 Å². The summed E-state index contributed by atoms with van der Waals surface area (Å²) >= 11 is 3.30. The van der Waals surface area contributed by atoms with Gasteiger partial charge in [0.15, 0.2) is 0 Å². The van der Waals surface area contributed by atoms with E-state index in [2.05, 4.69) is 33.1 Å². The molecule has 88 valence electrons. The average molecular weight is 294 g/mol. The first-order valence-electron chi connectivity index (χ1n) is 4.98. The molecule has 0 aromatic heterocycles. The van der Waals surface area contributed by atoms with Gasteiger partial charge in [0.25, 0.3) is 0 Å². The fourth-order valence-corrected chi connectivity index (χ4v) is 1.65. The lowest BCUT2D eigenvalue weighted by Gasteiger charge is -2.07. The Morgan fingerprint density at radius 2 is 2.35 bits per heavy atom. The number of benzene rings is 1. The summed E-state index contributed by atoms with van der Waals surface area (Å²) in [6, 6.07) is 7.02. The van der Waals surface area contributed by atoms with Gasteiger partial charge in [-0.1, -0.05) is 6.08 Å². The van der Waals surface area contributed by atoms with Gasteiger partial charge < -0.3 is 10.6 Å². The second-order valence-electron chi connectivity index (χ2n) is 3.27. The highest BCUT2D eigenvalue weighted by molar-refractivity contribution is 9.10. The fourth-order valence-electron chi connectivity index (χ4n) is 1.17. The summed E-state index contributed by atoms with van der Waals surface area (Å²) in [6.45, 7) is 4.35. The van der Waals surface area contributed by atoms with E-state index in [1.165, 1.54) is 0 Å². The molecule has 0 bridgehead atoms. The number of nitriles is 1. The number of nitrogens with zero attached hydrogens (tertiary/aromatic N) is 1. The van der Waals surface area contributed by atoms with Crippen molar-refractivity contribution in [3.8, 4) is 6.07 Å². The molecule has 0 radical (unpaired) electrons. The second kappa shape index (κ2) is 6.84. The first kappa shape index (κ1) is 13.4. The molecule has 1 amide bonds. The van der Waals surface area contributed by atoms with Crippen LogP contribution in [0.5, 0.6) is 0 Å². The van der Waals surface area contributed by atoms with Crippen molar-refractivity contribution in [2.24, 2.45) is 0 Å². The van der Waals surface area contributed by atoms with E-state index in [0.717, 1.165) is 0 Å². The van der Waals surface area contributed by atoms with E-state index >= 15 is 0 Å². The molecular weight excluding hydrogens is 282 g/mol. The zero-order valence-electron chi connectivity index (χ0n) is 9.16. The molecule has 0 saturated heterocycles. The molecular formula is C12H12BrN3O. The molecule has 5 heteroatoms. The molecule has 2 N–H and O–H groups in total. The molecule has 0 unspecified atom stereocenters. The largest absolute Gasteiger partial charge is 0.324 e. The van der Waals surface area contributed by atoms with Crippen LogP contribution in [-0.2, 0) is 4.79 Å². The van der Waals surface area contributed by atoms with Crippen molar-refractivity contribution < 1.29 is 4.79 Å². The summed E-state index contributed by atoms with van der Waals surface area (Å²) in [5.74, 6) is -0.141. The number of carbonyl (C=O) groups excluding carboxylic acids is 1. The number of hydrogen-bond acceptors (Lipinski definition) is 3. The third-order valence-corrected chi connectivity index (χ3v) is 2.60. The average Bonchev–Trinajstić information content (AvgIpc) is 2.32. The Kier molecular flexibility index (Phi) is 5.40. The van der Waals surface area contributed by atoms with Crippen LogP contribution in [0.15, 0.2) is 35.3 Å². The van der Waals surface area contributed by atoms with Crippen LogP contribution in [-0.4, -0.2) is 19.0 Å². The van der Waals surface area contributed by atoms with Crippen LogP contribution in [0.1, 0.15) is 5.56 Å². The number of hydrogen-bond donors (Lipinski definition) is 2. The minimum atomic E-state index is -0.141. The molecule has 0 spiro atoms. The van der Waals surface area contributed by atoms with Crippen LogP contribution < -0.4 is 10.6 Å². The Labute approximate surface area is 108 Å². The van der Waals surface area contributed by atoms with E-state index in [9.17, 15) is 4.79 Å². The van der Waals surface area contributed by atoms with Gasteiger partial charge in [0, 0.05) is 11.0 Å². The molecule has 0 fully saturated rings. The molecule has 1 aromatic carbocycles. The van der Waals surface area contributed by atoms with E-state index in [-0.39, 0.29) is 12.5 Å². The van der Waals surface area contributed by atoms with Gasteiger partial charge in [-0.2, -0.15) is 5.26 Å². The van der Waals surface area contributed by atoms with Gasteiger partial charge in [0.05, 0.1) is 23.9 Å². The minimum absolute atomic E-state index is 0.141. The first-order valence-corrected chi connectivity index (χ1v) is 5.77. The van der Waals surface area contributed by atoms with Gasteiger partial charge in [-0.05, 0) is 34.1 Å². The van der Waals surface area contributed by atoms with Crippen molar-refractivity contribution in [1.29, 1.82) is 5.26 Å². The number of halogens is 1. The summed E-state index contributed by atoms with van der Waals surface area (Å²) < 4.78 is 0.689. The van der Waals surface area contributed by atoms with Crippen LogP contribution in [0.4, 0.5) is 5.69 Å². The van der Waals surface area contributed by atoms with Crippen molar-refractivity contribution >= 4 is 27.5 Å². The predicted molar refractivity (Wildman–Crippen MR) is 70.6 cm³/mol. The molecule has 0 atom stereocenters. The lowest BCUT2D eigenvalue weighted by atomic mass is 10.2. The van der Waals surface area contributed by atoms with Gasteiger partial charge in [-0.15, -0.1) is 6.58 Å². The molecule has 1 rings (SSSR count). The van der Waals surface area contributed by atoms with E-state index in [1.54, 1.807) is 24.3 Å². The summed E-state index contributed by atoms with van der Waals surface area (Å²) in [7, 11) is 0. The van der Waals surface area contributed by atoms with Gasteiger partial charge in [-0.3, -0.25) is 4.79 Å². The Balaban J connectivity index is 2.60. The molecule has 17 heavy (non-hydrogen) atoms. The van der Waals surface area contributed by atoms with Crippen molar-refractivity contribution in [3.63, 3.8) is 0 Å². The molecule has 1 aromatic rings. The third-order valence-electron chi connectivity index (χ3n) is 1.95. The Morgan fingerprint density at radius 3 is 2.94 bits per heavy atom. The number of amides is 1. The lowest BCUT2D eigenvalue weighted by Crippen LogP contribution is -2.28. The van der Waals surface area contributed by atoms with Gasteiger partial charge in [-0.25, -0.2) is 0 Å². The van der Waals surface area contributed by atoms with E-state index in [0.29, 0.717) is 22.3 Å². The number of nitrogens with one attached hydrogen (secondary N) is 2. The smallest absolute Gasteiger partial charge is 0.238 e. The highest BCUT2D eigenvalue weighted by atomic mass is 79.9. The maximum Gasteiger partial charge on any atom is 0.238 e. The zero-order chi connectivity index (χ0) is 12.7. The third kappa shape index (κ3) is 4.39. The number of carbonyl (C=O) groups is 1. The maximum absolute atomic E-state index is 11.5. The standard InChI is InChI=1S/C12H12BrN3O/c1-2-5-15-8-12(17)16-11-4-3-9(7-14)6-10(11)13/h2-4,6,15H,1,5,8H2,(H,16,17). The van der Waals surface area contributed by atoms with E-state index in [1.807, 2.05) is 6.07 Å². The molecule has 0 saturated carbocycles. The summed E-state index contributed by atoms with van der Waals surface area (Å²) in [5.41, 5.74) is 1.19. The second-order valence-corrected chi connectivity index (χ2v) is 4.13. The lowest BCUT2D eigenvalue weighted by molar-refractivity contribution is -0.115. The molecule has 0 aliphatic rings. The molecule has 0 heterocycles. The summed E-state index contributed by atoms with van der Waals surface area (Å²) in [4.78, 5) is 11.5. The predicted octanol–water partition coefficient (Wildman–Crippen LogP) is 2.03. The molecule has 4 nitrogen and oxygen atoms in total. The van der Waals surface area contributed by atoms with Crippen LogP contribution in [0.2, 0.25) is 0 Å². The summed E-state index contributed by atoms with van der Waals surface area (Å²) in [6.07, 6.45) is 1.69. The fraction of sp³-hybridized carbons (Fsp3) is 0.167. The first-order chi connectivity index (χ1) is 8.17. The van der Waals surface area contributed by atoms with E-state index < -0.39 is 0 Å². The van der Waals surface area contributed by atoms with Crippen molar-refractivity contribution in [2.75, 3.05) is 18.4 Å². The van der Waals surface area contributed by atoms with Gasteiger partial charge >= 0.3 is 0 Å². The Bertz CT molecular complexity index is 465. The van der Waals surface area contributed by atoms with Crippen molar-refractivity contribution in [2.45, 2.75) is 0 Å². The number of anilines is 1. The monoisotopic (exact) mass is 293 g/mol. The van der Waals surface area contributed by atoms with Crippen LogP contribution in [0, 0.1) is 11.3 Å². The highest BCUT2D eigenvalue weighted by Gasteiger charge is 2.05. The van der Waals surface area contributed by atoms with Crippen LogP contribution in [0.3, 0.4) is 0 Å². The van der Waals surface area contributed by atoms with Gasteiger partial charge in [0.1, 0.15) is 0 Å². The van der Waals surface area contributed by atoms with Gasteiger partial charge in [0.2, 0.25) is 5.91 Å². The normalized spacial score (nSPS) is 9.41. The topological polar surface area (TPSA) is 64.9 Å². The zero-order valence-corrected chi connectivity index (χ0v) is 10.8. The number of rotatable bonds is 5. The minimum Gasteiger partial charge on any atom is -0.324 e. The quantitative estimate of drug-likeness (QED) is 0.645. The molecule has 0 aliphatic heterocycles. The molecule has 0 aliphatic carbocycles. The maximum atomic E-state index is 11.5. The Morgan fingerprint density at radius 1 is 1.59 bits per heavy atom. The van der Waals surface area contributed by atoms with Crippen LogP contribution in [0.25, 0.3) is 0 Å². The summed E-state index contributed by atoms with van der Waals surface area (Å²) in [5, 5.41) is 14.3. The van der Waals surface area contributed by atoms with Crippen molar-refractivity contribution in [1.82, 2.24) is 5.32 Å². The van der Waals surface area contributed by atoms with Crippen LogP contribution >= 0.6 is 15.9 Å². The SMILES string of the molecule is C=CCNCC(=O)Nc1ccc(C#N)cc1Br. The van der Waals surface area contributed by atoms with E-state index in [4.69, 9.17) is 5.26 Å². The Hall–Kier alpha value is -1.64.